The lowest BCUT2D eigenvalue weighted by atomic mass is 9.69. The summed E-state index contributed by atoms with van der Waals surface area (Å²) in [5.41, 5.74) is 0.371. The zero-order valence-electron chi connectivity index (χ0n) is 13.0. The Morgan fingerprint density at radius 2 is 1.84 bits per heavy atom. The van der Waals surface area contributed by atoms with Crippen molar-refractivity contribution in [3.05, 3.63) is 0 Å². The SMILES string of the molecule is C#CCN(CCC)C(=O)C1CCC(C(C)(C)C)CC1. The van der Waals surface area contributed by atoms with Crippen molar-refractivity contribution < 1.29 is 4.79 Å². The molecule has 2 nitrogen and oxygen atoms in total. The average molecular weight is 263 g/mol. The van der Waals surface area contributed by atoms with E-state index in [0.29, 0.717) is 12.0 Å². The highest BCUT2D eigenvalue weighted by molar-refractivity contribution is 5.79. The average Bonchev–Trinajstić information content (AvgIpc) is 2.37. The highest BCUT2D eigenvalue weighted by Gasteiger charge is 2.33. The lowest BCUT2D eigenvalue weighted by Gasteiger charge is -2.37. The van der Waals surface area contributed by atoms with Crippen LogP contribution in [0.2, 0.25) is 0 Å². The first-order chi connectivity index (χ1) is 8.90. The maximum absolute atomic E-state index is 12.5. The third kappa shape index (κ3) is 4.56. The molecule has 0 saturated heterocycles. The van der Waals surface area contributed by atoms with Crippen molar-refractivity contribution in [2.24, 2.45) is 17.3 Å². The maximum Gasteiger partial charge on any atom is 0.226 e. The number of hydrogen-bond acceptors (Lipinski definition) is 1. The van der Waals surface area contributed by atoms with Gasteiger partial charge in [-0.25, -0.2) is 0 Å². The molecule has 1 fully saturated rings. The molecule has 0 aromatic heterocycles. The van der Waals surface area contributed by atoms with Gasteiger partial charge in [-0.2, -0.15) is 0 Å². The fourth-order valence-corrected chi connectivity index (χ4v) is 3.11. The summed E-state index contributed by atoms with van der Waals surface area (Å²) in [5.74, 6) is 3.86. The molecule has 0 aromatic carbocycles. The Balaban J connectivity index is 2.54. The number of carbonyl (C=O) groups is 1. The number of nitrogens with zero attached hydrogens (tertiary/aromatic N) is 1. The van der Waals surface area contributed by atoms with E-state index in [1.165, 1.54) is 12.8 Å². The Morgan fingerprint density at radius 1 is 1.26 bits per heavy atom. The summed E-state index contributed by atoms with van der Waals surface area (Å²) in [5, 5.41) is 0. The number of terminal acetylenes is 1. The number of carbonyl (C=O) groups excluding carboxylic acids is 1. The van der Waals surface area contributed by atoms with Gasteiger partial charge in [0, 0.05) is 12.5 Å². The van der Waals surface area contributed by atoms with E-state index in [0.717, 1.165) is 31.7 Å². The summed E-state index contributed by atoms with van der Waals surface area (Å²) >= 11 is 0. The molecule has 2 heteroatoms. The lowest BCUT2D eigenvalue weighted by molar-refractivity contribution is -0.136. The largest absolute Gasteiger partial charge is 0.331 e. The van der Waals surface area contributed by atoms with Gasteiger partial charge in [-0.3, -0.25) is 4.79 Å². The zero-order chi connectivity index (χ0) is 14.5. The van der Waals surface area contributed by atoms with Crippen molar-refractivity contribution in [1.82, 2.24) is 4.90 Å². The van der Waals surface area contributed by atoms with Gasteiger partial charge in [-0.15, -0.1) is 6.42 Å². The van der Waals surface area contributed by atoms with E-state index in [1.54, 1.807) is 0 Å². The van der Waals surface area contributed by atoms with Crippen LogP contribution in [0.25, 0.3) is 0 Å². The van der Waals surface area contributed by atoms with Gasteiger partial charge in [0.25, 0.3) is 0 Å². The molecular formula is C17H29NO. The molecule has 1 rings (SSSR count). The minimum atomic E-state index is 0.207. The first-order valence-corrected chi connectivity index (χ1v) is 7.62. The van der Waals surface area contributed by atoms with Gasteiger partial charge in [-0.05, 0) is 43.4 Å². The van der Waals surface area contributed by atoms with Crippen LogP contribution in [0.15, 0.2) is 0 Å². The predicted molar refractivity (Wildman–Crippen MR) is 80.6 cm³/mol. The van der Waals surface area contributed by atoms with E-state index in [4.69, 9.17) is 6.42 Å². The molecule has 0 unspecified atom stereocenters. The van der Waals surface area contributed by atoms with Gasteiger partial charge >= 0.3 is 0 Å². The van der Waals surface area contributed by atoms with E-state index in [1.807, 2.05) is 4.90 Å². The first-order valence-electron chi connectivity index (χ1n) is 7.62. The van der Waals surface area contributed by atoms with Crippen LogP contribution in [-0.4, -0.2) is 23.9 Å². The van der Waals surface area contributed by atoms with Crippen LogP contribution in [0, 0.1) is 29.6 Å². The second kappa shape index (κ2) is 6.98. The minimum Gasteiger partial charge on any atom is -0.331 e. The van der Waals surface area contributed by atoms with Crippen LogP contribution in [0.1, 0.15) is 59.8 Å². The monoisotopic (exact) mass is 263 g/mol. The Labute approximate surface area is 118 Å². The molecule has 0 radical (unpaired) electrons. The van der Waals surface area contributed by atoms with Crippen molar-refractivity contribution in [3.8, 4) is 12.3 Å². The fraction of sp³-hybridized carbons (Fsp3) is 0.824. The Kier molecular flexibility index (Phi) is 5.91. The van der Waals surface area contributed by atoms with Crippen LogP contribution in [0.5, 0.6) is 0 Å². The van der Waals surface area contributed by atoms with Gasteiger partial charge in [0.05, 0.1) is 6.54 Å². The van der Waals surface area contributed by atoms with Crippen LogP contribution >= 0.6 is 0 Å². The number of amides is 1. The third-order valence-electron chi connectivity index (χ3n) is 4.39. The highest BCUT2D eigenvalue weighted by Crippen LogP contribution is 2.40. The molecule has 1 saturated carbocycles. The normalized spacial score (nSPS) is 23.7. The Hall–Kier alpha value is -0.970. The summed E-state index contributed by atoms with van der Waals surface area (Å²) in [7, 11) is 0. The standard InChI is InChI=1S/C17H29NO/c1-6-12-18(13-7-2)16(19)14-8-10-15(11-9-14)17(3,4)5/h1,14-15H,7-13H2,2-5H3. The van der Waals surface area contributed by atoms with E-state index in [2.05, 4.69) is 33.6 Å². The summed E-state index contributed by atoms with van der Waals surface area (Å²) in [6.45, 7) is 10.3. The highest BCUT2D eigenvalue weighted by atomic mass is 16.2. The second-order valence-corrected chi connectivity index (χ2v) is 6.88. The molecule has 0 aromatic rings. The Bertz CT molecular complexity index is 326. The zero-order valence-corrected chi connectivity index (χ0v) is 13.0. The predicted octanol–water partition coefficient (Wildman–Crippen LogP) is 3.71. The molecule has 0 bridgehead atoms. The van der Waals surface area contributed by atoms with Gasteiger partial charge in [-0.1, -0.05) is 33.6 Å². The summed E-state index contributed by atoms with van der Waals surface area (Å²) in [6.07, 6.45) is 10.8. The summed E-state index contributed by atoms with van der Waals surface area (Å²) in [6, 6.07) is 0. The van der Waals surface area contributed by atoms with Crippen LogP contribution < -0.4 is 0 Å². The number of hydrogen-bond donors (Lipinski definition) is 0. The molecule has 0 spiro atoms. The van der Waals surface area contributed by atoms with Gasteiger partial charge < -0.3 is 4.90 Å². The molecule has 1 aliphatic carbocycles. The van der Waals surface area contributed by atoms with Gasteiger partial charge in [0.2, 0.25) is 5.91 Å². The minimum absolute atomic E-state index is 0.207. The molecule has 0 aliphatic heterocycles. The molecule has 0 atom stereocenters. The Morgan fingerprint density at radius 3 is 2.26 bits per heavy atom. The van der Waals surface area contributed by atoms with E-state index < -0.39 is 0 Å². The fourth-order valence-electron chi connectivity index (χ4n) is 3.11. The molecule has 19 heavy (non-hydrogen) atoms. The lowest BCUT2D eigenvalue weighted by Crippen LogP contribution is -2.39. The maximum atomic E-state index is 12.5. The third-order valence-corrected chi connectivity index (χ3v) is 4.39. The molecule has 0 heterocycles. The molecule has 1 amide bonds. The first kappa shape index (κ1) is 16.1. The summed E-state index contributed by atoms with van der Waals surface area (Å²) < 4.78 is 0. The van der Waals surface area contributed by atoms with E-state index >= 15 is 0 Å². The quantitative estimate of drug-likeness (QED) is 0.708. The number of rotatable bonds is 4. The van der Waals surface area contributed by atoms with Crippen molar-refractivity contribution in [3.63, 3.8) is 0 Å². The second-order valence-electron chi connectivity index (χ2n) is 6.88. The molecule has 1 aliphatic rings. The molecule has 0 N–H and O–H groups in total. The molecular weight excluding hydrogens is 234 g/mol. The van der Waals surface area contributed by atoms with Gasteiger partial charge in [0.1, 0.15) is 0 Å². The van der Waals surface area contributed by atoms with Crippen molar-refractivity contribution in [2.75, 3.05) is 13.1 Å². The van der Waals surface area contributed by atoms with Crippen molar-refractivity contribution >= 4 is 5.91 Å². The summed E-state index contributed by atoms with van der Waals surface area (Å²) in [4.78, 5) is 14.3. The molecule has 108 valence electrons. The van der Waals surface area contributed by atoms with Crippen molar-refractivity contribution in [2.45, 2.75) is 59.8 Å². The smallest absolute Gasteiger partial charge is 0.226 e. The van der Waals surface area contributed by atoms with Gasteiger partial charge in [0.15, 0.2) is 0 Å². The van der Waals surface area contributed by atoms with Crippen LogP contribution in [0.4, 0.5) is 0 Å². The van der Waals surface area contributed by atoms with E-state index in [-0.39, 0.29) is 11.8 Å². The van der Waals surface area contributed by atoms with Crippen LogP contribution in [-0.2, 0) is 4.79 Å². The topological polar surface area (TPSA) is 20.3 Å². The van der Waals surface area contributed by atoms with E-state index in [9.17, 15) is 4.79 Å². The van der Waals surface area contributed by atoms with Crippen LogP contribution in [0.3, 0.4) is 0 Å². The van der Waals surface area contributed by atoms with Crippen molar-refractivity contribution in [1.29, 1.82) is 0 Å².